The Bertz CT molecular complexity index is 663. The van der Waals surface area contributed by atoms with E-state index >= 15 is 0 Å². The number of imide groups is 1. The third kappa shape index (κ3) is 4.93. The molecule has 1 heterocycles. The number of nitrogens with zero attached hydrogens (tertiary/aromatic N) is 2. The molecule has 2 N–H and O–H groups in total. The van der Waals surface area contributed by atoms with Gasteiger partial charge in [0.2, 0.25) is 5.91 Å². The Kier molecular flexibility index (Phi) is 5.93. The maximum atomic E-state index is 12.0. The van der Waals surface area contributed by atoms with Crippen LogP contribution in [0.15, 0.2) is 30.3 Å². The second-order valence-corrected chi connectivity index (χ2v) is 5.50. The number of hydrogen-bond donors (Lipinski definition) is 2. The Morgan fingerprint density at radius 3 is 2.48 bits per heavy atom. The predicted molar refractivity (Wildman–Crippen MR) is 85.5 cm³/mol. The van der Waals surface area contributed by atoms with Crippen molar-refractivity contribution in [2.24, 2.45) is 0 Å². The summed E-state index contributed by atoms with van der Waals surface area (Å²) in [7, 11) is 0. The number of rotatable bonds is 6. The van der Waals surface area contributed by atoms with Crippen LogP contribution < -0.4 is 5.32 Å². The lowest BCUT2D eigenvalue weighted by Gasteiger charge is -2.21. The van der Waals surface area contributed by atoms with Crippen LogP contribution in [0.5, 0.6) is 0 Å². The largest absolute Gasteiger partial charge is 0.480 e. The van der Waals surface area contributed by atoms with Gasteiger partial charge in [-0.1, -0.05) is 30.3 Å². The number of carbonyl (C=O) groups excluding carboxylic acids is 3. The summed E-state index contributed by atoms with van der Waals surface area (Å²) < 4.78 is 4.98. The molecule has 1 saturated heterocycles. The van der Waals surface area contributed by atoms with Gasteiger partial charge in [0.1, 0.15) is 12.6 Å². The quantitative estimate of drug-likeness (QED) is 0.779. The van der Waals surface area contributed by atoms with Crippen molar-refractivity contribution in [2.45, 2.75) is 19.6 Å². The highest BCUT2D eigenvalue weighted by Crippen LogP contribution is 2.10. The molecule has 1 fully saturated rings. The highest BCUT2D eigenvalue weighted by Gasteiger charge is 2.34. The Hall–Kier alpha value is -3.10. The lowest BCUT2D eigenvalue weighted by molar-refractivity contribution is -0.139. The minimum atomic E-state index is -1.33. The number of alkyl carbamates (subject to hydrolysis) is 1. The van der Waals surface area contributed by atoms with Crippen molar-refractivity contribution >= 4 is 24.0 Å². The van der Waals surface area contributed by atoms with E-state index in [2.05, 4.69) is 5.32 Å². The van der Waals surface area contributed by atoms with E-state index in [0.717, 1.165) is 10.5 Å². The third-order valence-electron chi connectivity index (χ3n) is 3.68. The molecular formula is C16H19N3O6. The van der Waals surface area contributed by atoms with Crippen LogP contribution in [0.25, 0.3) is 0 Å². The van der Waals surface area contributed by atoms with Gasteiger partial charge in [0.25, 0.3) is 0 Å². The van der Waals surface area contributed by atoms with Crippen molar-refractivity contribution in [3.63, 3.8) is 0 Å². The fraction of sp³-hybridized carbons (Fsp3) is 0.375. The van der Waals surface area contributed by atoms with E-state index in [9.17, 15) is 24.3 Å². The zero-order valence-electron chi connectivity index (χ0n) is 13.7. The summed E-state index contributed by atoms with van der Waals surface area (Å²) in [5.74, 6) is -1.71. The molecule has 1 aliphatic rings. The molecule has 0 unspecified atom stereocenters. The number of nitrogens with one attached hydrogen (secondary N) is 1. The first-order valence-electron chi connectivity index (χ1n) is 7.65. The number of urea groups is 1. The van der Waals surface area contributed by atoms with Crippen molar-refractivity contribution < 1.29 is 29.0 Å². The standard InChI is InChI=1S/C16H19N3O6/c1-11(20)19-8-7-18(16(19)24)9-13(14(21)22)17-15(23)25-10-12-5-3-2-4-6-12/h2-6,13H,7-10H2,1H3,(H,17,23)(H,21,22)/t13-/m0/s1. The summed E-state index contributed by atoms with van der Waals surface area (Å²) in [5, 5.41) is 11.5. The summed E-state index contributed by atoms with van der Waals surface area (Å²) >= 11 is 0. The van der Waals surface area contributed by atoms with Crippen LogP contribution in [0, 0.1) is 0 Å². The van der Waals surface area contributed by atoms with Gasteiger partial charge in [0, 0.05) is 20.0 Å². The first kappa shape index (κ1) is 18.2. The molecular weight excluding hydrogens is 330 g/mol. The van der Waals surface area contributed by atoms with Crippen molar-refractivity contribution in [3.8, 4) is 0 Å². The SMILES string of the molecule is CC(=O)N1CCN(C[C@H](NC(=O)OCc2ccccc2)C(=O)O)C1=O. The maximum absolute atomic E-state index is 12.0. The summed E-state index contributed by atoms with van der Waals surface area (Å²) in [6, 6.07) is 7.02. The first-order chi connectivity index (χ1) is 11.9. The van der Waals surface area contributed by atoms with Crippen LogP contribution in [0.1, 0.15) is 12.5 Å². The molecule has 1 atom stereocenters. The van der Waals surface area contributed by atoms with Gasteiger partial charge in [-0.25, -0.2) is 14.4 Å². The third-order valence-corrected chi connectivity index (χ3v) is 3.68. The molecule has 0 bridgehead atoms. The number of hydrogen-bond acceptors (Lipinski definition) is 5. The predicted octanol–water partition coefficient (Wildman–Crippen LogP) is 0.650. The van der Waals surface area contributed by atoms with Crippen LogP contribution in [-0.4, -0.2) is 64.6 Å². The van der Waals surface area contributed by atoms with E-state index in [1.165, 1.54) is 11.8 Å². The minimum Gasteiger partial charge on any atom is -0.480 e. The summed E-state index contributed by atoms with van der Waals surface area (Å²) in [6.07, 6.45) is -0.897. The fourth-order valence-electron chi connectivity index (χ4n) is 2.36. The molecule has 25 heavy (non-hydrogen) atoms. The highest BCUT2D eigenvalue weighted by molar-refractivity contribution is 5.95. The van der Waals surface area contributed by atoms with Crippen molar-refractivity contribution in [2.75, 3.05) is 19.6 Å². The molecule has 2 rings (SSSR count). The number of carboxylic acids is 1. The Labute approximate surface area is 144 Å². The molecule has 1 aromatic carbocycles. The molecule has 1 aliphatic heterocycles. The average molecular weight is 349 g/mol. The van der Waals surface area contributed by atoms with Crippen LogP contribution in [0.2, 0.25) is 0 Å². The summed E-state index contributed by atoms with van der Waals surface area (Å²) in [5.41, 5.74) is 0.761. The first-order valence-corrected chi connectivity index (χ1v) is 7.65. The van der Waals surface area contributed by atoms with Gasteiger partial charge in [0.05, 0.1) is 6.54 Å². The minimum absolute atomic E-state index is 0.000227. The number of benzene rings is 1. The van der Waals surface area contributed by atoms with E-state index in [1.54, 1.807) is 24.3 Å². The van der Waals surface area contributed by atoms with E-state index in [4.69, 9.17) is 4.74 Å². The smallest absolute Gasteiger partial charge is 0.408 e. The van der Waals surface area contributed by atoms with Crippen LogP contribution >= 0.6 is 0 Å². The van der Waals surface area contributed by atoms with E-state index < -0.39 is 30.0 Å². The molecule has 9 nitrogen and oxygen atoms in total. The fourth-order valence-corrected chi connectivity index (χ4v) is 2.36. The molecule has 0 spiro atoms. The Balaban J connectivity index is 1.88. The van der Waals surface area contributed by atoms with Gasteiger partial charge in [0.15, 0.2) is 0 Å². The van der Waals surface area contributed by atoms with Crippen LogP contribution in [0.4, 0.5) is 9.59 Å². The van der Waals surface area contributed by atoms with E-state index in [0.29, 0.717) is 0 Å². The summed E-state index contributed by atoms with van der Waals surface area (Å²) in [6.45, 7) is 1.41. The van der Waals surface area contributed by atoms with Gasteiger partial charge in [-0.3, -0.25) is 9.69 Å². The zero-order chi connectivity index (χ0) is 18.4. The molecule has 0 saturated carbocycles. The summed E-state index contributed by atoms with van der Waals surface area (Å²) in [4.78, 5) is 48.6. The van der Waals surface area contributed by atoms with Gasteiger partial charge in [-0.05, 0) is 5.56 Å². The maximum Gasteiger partial charge on any atom is 0.408 e. The molecule has 0 radical (unpaired) electrons. The highest BCUT2D eigenvalue weighted by atomic mass is 16.5. The van der Waals surface area contributed by atoms with Gasteiger partial charge >= 0.3 is 18.1 Å². The van der Waals surface area contributed by atoms with Gasteiger partial charge in [-0.15, -0.1) is 0 Å². The zero-order valence-corrected chi connectivity index (χ0v) is 13.7. The molecule has 0 aliphatic carbocycles. The molecule has 4 amide bonds. The molecule has 9 heteroatoms. The molecule has 134 valence electrons. The second kappa shape index (κ2) is 8.13. The van der Waals surface area contributed by atoms with Gasteiger partial charge in [-0.2, -0.15) is 0 Å². The van der Waals surface area contributed by atoms with Crippen LogP contribution in [-0.2, 0) is 20.9 Å². The number of carbonyl (C=O) groups is 4. The topological polar surface area (TPSA) is 116 Å². The van der Waals surface area contributed by atoms with Gasteiger partial charge < -0.3 is 20.1 Å². The normalized spacial score (nSPS) is 15.0. The molecule has 1 aromatic rings. The van der Waals surface area contributed by atoms with E-state index in [1.807, 2.05) is 6.07 Å². The second-order valence-electron chi connectivity index (χ2n) is 5.50. The lowest BCUT2D eigenvalue weighted by atomic mass is 10.2. The average Bonchev–Trinajstić information content (AvgIpc) is 2.94. The lowest BCUT2D eigenvalue weighted by Crippen LogP contribution is -2.49. The number of amides is 4. The monoisotopic (exact) mass is 349 g/mol. The molecule has 0 aromatic heterocycles. The van der Waals surface area contributed by atoms with Crippen molar-refractivity contribution in [3.05, 3.63) is 35.9 Å². The number of carboxylic acid groups (broad SMARTS) is 1. The Morgan fingerprint density at radius 1 is 1.24 bits per heavy atom. The van der Waals surface area contributed by atoms with Crippen molar-refractivity contribution in [1.82, 2.24) is 15.1 Å². The van der Waals surface area contributed by atoms with Crippen molar-refractivity contribution in [1.29, 1.82) is 0 Å². The number of ether oxygens (including phenoxy) is 1. The van der Waals surface area contributed by atoms with Crippen LogP contribution in [0.3, 0.4) is 0 Å². The Morgan fingerprint density at radius 2 is 1.92 bits per heavy atom. The number of aliphatic carboxylic acids is 1. The van der Waals surface area contributed by atoms with E-state index in [-0.39, 0.29) is 26.2 Å².